The van der Waals surface area contributed by atoms with Gasteiger partial charge in [0.05, 0.1) is 18.3 Å². The monoisotopic (exact) mass is 316 g/mol. The molecule has 5 nitrogen and oxygen atoms in total. The Labute approximate surface area is 137 Å². The lowest BCUT2D eigenvalue weighted by atomic mass is 9.88. The standard InChI is InChI=1S/C18H24N2O3/c21-17(16-3-1-2-8-19-16)20-9-6-18(7-10-20)11-15(13-23-18)22-12-14-4-5-14/h1-3,8,14-15H,4-7,9-13H2. The highest BCUT2D eigenvalue weighted by Gasteiger charge is 2.44. The van der Waals surface area contributed by atoms with Crippen molar-refractivity contribution in [3.63, 3.8) is 0 Å². The summed E-state index contributed by atoms with van der Waals surface area (Å²) in [6, 6.07) is 5.46. The molecule has 0 N–H and O–H groups in total. The lowest BCUT2D eigenvalue weighted by Crippen LogP contribution is -2.46. The number of ether oxygens (including phenoxy) is 2. The van der Waals surface area contributed by atoms with Gasteiger partial charge in [0.15, 0.2) is 0 Å². The van der Waals surface area contributed by atoms with Crippen LogP contribution in [0.15, 0.2) is 24.4 Å². The van der Waals surface area contributed by atoms with Crippen LogP contribution in [0.3, 0.4) is 0 Å². The van der Waals surface area contributed by atoms with Crippen LogP contribution < -0.4 is 0 Å². The Morgan fingerprint density at radius 3 is 2.87 bits per heavy atom. The van der Waals surface area contributed by atoms with Crippen LogP contribution in [0, 0.1) is 5.92 Å². The van der Waals surface area contributed by atoms with E-state index in [1.165, 1.54) is 12.8 Å². The third-order valence-electron chi connectivity index (χ3n) is 5.29. The average Bonchev–Trinajstić information content (AvgIpc) is 3.36. The lowest BCUT2D eigenvalue weighted by molar-refractivity contribution is -0.0411. The summed E-state index contributed by atoms with van der Waals surface area (Å²) in [4.78, 5) is 18.5. The van der Waals surface area contributed by atoms with E-state index in [1.54, 1.807) is 12.3 Å². The normalized spacial score (nSPS) is 26.6. The van der Waals surface area contributed by atoms with Crippen molar-refractivity contribution in [1.82, 2.24) is 9.88 Å². The fraction of sp³-hybridized carbons (Fsp3) is 0.667. The summed E-state index contributed by atoms with van der Waals surface area (Å²) in [5.41, 5.74) is 0.455. The van der Waals surface area contributed by atoms with Crippen molar-refractivity contribution in [2.75, 3.05) is 26.3 Å². The summed E-state index contributed by atoms with van der Waals surface area (Å²) in [6.07, 6.45) is 7.33. The number of hydrogen-bond donors (Lipinski definition) is 0. The van der Waals surface area contributed by atoms with Crippen molar-refractivity contribution in [2.24, 2.45) is 5.92 Å². The van der Waals surface area contributed by atoms with Crippen LogP contribution in [-0.2, 0) is 9.47 Å². The molecule has 0 bridgehead atoms. The van der Waals surface area contributed by atoms with Gasteiger partial charge in [-0.1, -0.05) is 6.07 Å². The largest absolute Gasteiger partial charge is 0.375 e. The predicted octanol–water partition coefficient (Wildman–Crippen LogP) is 2.27. The van der Waals surface area contributed by atoms with E-state index < -0.39 is 0 Å². The van der Waals surface area contributed by atoms with Crippen LogP contribution >= 0.6 is 0 Å². The maximum Gasteiger partial charge on any atom is 0.272 e. The van der Waals surface area contributed by atoms with Crippen LogP contribution in [0.1, 0.15) is 42.6 Å². The van der Waals surface area contributed by atoms with Crippen molar-refractivity contribution >= 4 is 5.91 Å². The first kappa shape index (κ1) is 15.1. The molecule has 2 saturated heterocycles. The molecular weight excluding hydrogens is 292 g/mol. The Balaban J connectivity index is 1.29. The fourth-order valence-electron chi connectivity index (χ4n) is 3.58. The van der Waals surface area contributed by atoms with Crippen molar-refractivity contribution in [1.29, 1.82) is 0 Å². The van der Waals surface area contributed by atoms with E-state index in [1.807, 2.05) is 17.0 Å². The molecule has 5 heteroatoms. The summed E-state index contributed by atoms with van der Waals surface area (Å²) < 4.78 is 12.1. The Bertz CT molecular complexity index is 551. The minimum absolute atomic E-state index is 0.0278. The summed E-state index contributed by atoms with van der Waals surface area (Å²) >= 11 is 0. The molecule has 3 heterocycles. The molecule has 1 aliphatic carbocycles. The molecule has 3 aliphatic rings. The molecule has 1 spiro atoms. The second-order valence-electron chi connectivity index (χ2n) is 7.10. The van der Waals surface area contributed by atoms with Gasteiger partial charge in [0.2, 0.25) is 0 Å². The van der Waals surface area contributed by atoms with Gasteiger partial charge in [-0.2, -0.15) is 0 Å². The third kappa shape index (κ3) is 3.40. The average molecular weight is 316 g/mol. The number of nitrogens with zero attached hydrogens (tertiary/aromatic N) is 2. The fourth-order valence-corrected chi connectivity index (χ4v) is 3.58. The topological polar surface area (TPSA) is 51.7 Å². The van der Waals surface area contributed by atoms with Gasteiger partial charge in [-0.25, -0.2) is 0 Å². The molecule has 1 aromatic rings. The molecule has 124 valence electrons. The van der Waals surface area contributed by atoms with E-state index in [0.717, 1.165) is 44.9 Å². The number of amides is 1. The molecule has 0 radical (unpaired) electrons. The number of rotatable bonds is 4. The maximum absolute atomic E-state index is 12.4. The summed E-state index contributed by atoms with van der Waals surface area (Å²) in [6.45, 7) is 3.09. The number of carbonyl (C=O) groups excluding carboxylic acids is 1. The van der Waals surface area contributed by atoms with Crippen molar-refractivity contribution in [2.45, 2.75) is 43.8 Å². The molecule has 1 aromatic heterocycles. The summed E-state index contributed by atoms with van der Waals surface area (Å²) in [5, 5.41) is 0. The van der Waals surface area contributed by atoms with E-state index in [-0.39, 0.29) is 17.6 Å². The first-order chi connectivity index (χ1) is 11.2. The molecule has 1 atom stereocenters. The number of piperidine rings is 1. The van der Waals surface area contributed by atoms with Gasteiger partial charge in [-0.05, 0) is 43.7 Å². The minimum Gasteiger partial charge on any atom is -0.375 e. The highest BCUT2D eigenvalue weighted by Crippen LogP contribution is 2.38. The molecule has 2 aliphatic heterocycles. The van der Waals surface area contributed by atoms with Gasteiger partial charge < -0.3 is 14.4 Å². The number of hydrogen-bond acceptors (Lipinski definition) is 4. The van der Waals surface area contributed by atoms with Crippen LogP contribution in [0.4, 0.5) is 0 Å². The Morgan fingerprint density at radius 2 is 2.17 bits per heavy atom. The van der Waals surface area contributed by atoms with Gasteiger partial charge in [0, 0.05) is 32.3 Å². The molecule has 3 fully saturated rings. The Hall–Kier alpha value is -1.46. The molecule has 1 amide bonds. The summed E-state index contributed by atoms with van der Waals surface area (Å²) in [5.74, 6) is 0.823. The van der Waals surface area contributed by atoms with Crippen molar-refractivity contribution < 1.29 is 14.3 Å². The SMILES string of the molecule is O=C(c1ccccn1)N1CCC2(CC1)CC(OCC1CC1)CO2. The zero-order chi connectivity index (χ0) is 15.7. The number of likely N-dealkylation sites (tertiary alicyclic amines) is 1. The quantitative estimate of drug-likeness (QED) is 0.855. The van der Waals surface area contributed by atoms with Crippen LogP contribution in [0.2, 0.25) is 0 Å². The molecule has 23 heavy (non-hydrogen) atoms. The first-order valence-corrected chi connectivity index (χ1v) is 8.70. The van der Waals surface area contributed by atoms with E-state index in [4.69, 9.17) is 9.47 Å². The Morgan fingerprint density at radius 1 is 1.35 bits per heavy atom. The zero-order valence-corrected chi connectivity index (χ0v) is 13.4. The van der Waals surface area contributed by atoms with Crippen molar-refractivity contribution in [3.05, 3.63) is 30.1 Å². The van der Waals surface area contributed by atoms with E-state index >= 15 is 0 Å². The zero-order valence-electron chi connectivity index (χ0n) is 13.4. The second kappa shape index (κ2) is 6.21. The third-order valence-corrected chi connectivity index (χ3v) is 5.29. The molecule has 4 rings (SSSR count). The van der Waals surface area contributed by atoms with Crippen LogP contribution in [0.25, 0.3) is 0 Å². The van der Waals surface area contributed by atoms with Crippen LogP contribution in [-0.4, -0.2) is 53.8 Å². The van der Waals surface area contributed by atoms with Crippen LogP contribution in [0.5, 0.6) is 0 Å². The van der Waals surface area contributed by atoms with Gasteiger partial charge in [0.25, 0.3) is 5.91 Å². The van der Waals surface area contributed by atoms with Gasteiger partial charge in [-0.15, -0.1) is 0 Å². The molecule has 0 aromatic carbocycles. The van der Waals surface area contributed by atoms with E-state index in [0.29, 0.717) is 12.3 Å². The van der Waals surface area contributed by atoms with E-state index in [2.05, 4.69) is 4.98 Å². The van der Waals surface area contributed by atoms with Gasteiger partial charge in [-0.3, -0.25) is 9.78 Å². The number of aromatic nitrogens is 1. The Kier molecular flexibility index (Phi) is 4.07. The number of pyridine rings is 1. The predicted molar refractivity (Wildman–Crippen MR) is 85.1 cm³/mol. The van der Waals surface area contributed by atoms with Gasteiger partial charge >= 0.3 is 0 Å². The summed E-state index contributed by atoms with van der Waals surface area (Å²) in [7, 11) is 0. The molecule has 1 saturated carbocycles. The van der Waals surface area contributed by atoms with E-state index in [9.17, 15) is 4.79 Å². The molecule has 1 unspecified atom stereocenters. The molecular formula is C18H24N2O3. The van der Waals surface area contributed by atoms with Gasteiger partial charge in [0.1, 0.15) is 5.69 Å². The lowest BCUT2D eigenvalue weighted by Gasteiger charge is -2.38. The highest BCUT2D eigenvalue weighted by atomic mass is 16.6. The first-order valence-electron chi connectivity index (χ1n) is 8.70. The minimum atomic E-state index is -0.0743. The number of carbonyl (C=O) groups is 1. The van der Waals surface area contributed by atoms with Crippen molar-refractivity contribution in [3.8, 4) is 0 Å². The smallest absolute Gasteiger partial charge is 0.272 e. The maximum atomic E-state index is 12.4. The second-order valence-corrected chi connectivity index (χ2v) is 7.10. The highest BCUT2D eigenvalue weighted by molar-refractivity contribution is 5.92.